The normalized spacial score (nSPS) is 12.7. The molecule has 0 fully saturated rings. The van der Waals surface area contributed by atoms with Crippen molar-refractivity contribution < 1.29 is 0 Å². The van der Waals surface area contributed by atoms with Crippen molar-refractivity contribution in [2.24, 2.45) is 9.98 Å². The number of fused-ring (bicyclic) bond motifs is 3. The summed E-state index contributed by atoms with van der Waals surface area (Å²) >= 11 is 0. The fourth-order valence-corrected chi connectivity index (χ4v) is 4.58. The van der Waals surface area contributed by atoms with Gasteiger partial charge in [-0.2, -0.15) is 0 Å². The molecule has 0 aliphatic rings. The molecule has 0 radical (unpaired) electrons. The Morgan fingerprint density at radius 1 is 0.757 bits per heavy atom. The van der Waals surface area contributed by atoms with Crippen molar-refractivity contribution >= 4 is 33.4 Å². The number of para-hydroxylation sites is 2. The van der Waals surface area contributed by atoms with Crippen molar-refractivity contribution in [2.45, 2.75) is 13.5 Å². The van der Waals surface area contributed by atoms with Crippen LogP contribution < -0.4 is 0 Å². The monoisotopic (exact) mass is 479 g/mol. The van der Waals surface area contributed by atoms with Gasteiger partial charge in [-0.1, -0.05) is 110 Å². The number of aliphatic imine (C=N–C) groups is 2. The molecule has 0 spiro atoms. The van der Waals surface area contributed by atoms with Crippen molar-refractivity contribution in [1.82, 2.24) is 4.57 Å². The maximum Gasteiger partial charge on any atom is 0.155 e. The third-order valence-corrected chi connectivity index (χ3v) is 6.43. The van der Waals surface area contributed by atoms with Crippen molar-refractivity contribution in [3.05, 3.63) is 151 Å². The molecule has 5 aromatic rings. The number of rotatable bonds is 7. The largest absolute Gasteiger partial charge is 0.309 e. The number of amidine groups is 1. The zero-order chi connectivity index (χ0) is 25.6. The van der Waals surface area contributed by atoms with Gasteiger partial charge in [0.1, 0.15) is 0 Å². The summed E-state index contributed by atoms with van der Waals surface area (Å²) in [6, 6.07) is 35.8. The van der Waals surface area contributed by atoms with Gasteiger partial charge in [-0.25, -0.2) is 4.99 Å². The smallest absolute Gasteiger partial charge is 0.155 e. The van der Waals surface area contributed by atoms with Gasteiger partial charge in [-0.15, -0.1) is 0 Å². The highest BCUT2D eigenvalue weighted by Gasteiger charge is 2.12. The Bertz CT molecular complexity index is 1610. The van der Waals surface area contributed by atoms with E-state index >= 15 is 0 Å². The van der Waals surface area contributed by atoms with Crippen LogP contribution in [0.2, 0.25) is 0 Å². The third kappa shape index (κ3) is 4.98. The predicted octanol–water partition coefficient (Wildman–Crippen LogP) is 8.49. The highest BCUT2D eigenvalue weighted by molar-refractivity contribution is 6.13. The van der Waals surface area contributed by atoms with Gasteiger partial charge in [0, 0.05) is 27.7 Å². The van der Waals surface area contributed by atoms with Crippen LogP contribution in [0, 0.1) is 0 Å². The van der Waals surface area contributed by atoms with Crippen molar-refractivity contribution in [2.75, 3.05) is 0 Å². The SMILES string of the molecule is C=C/C=C(\C=C)C(=NCc1ccccc1)N=C(C)c1ccc(-n2c3ccccc3c3ccccc32)cc1. The fraction of sp³-hybridized carbons (Fsp3) is 0.0588. The molecular weight excluding hydrogens is 450 g/mol. The van der Waals surface area contributed by atoms with Crippen molar-refractivity contribution in [1.29, 1.82) is 0 Å². The van der Waals surface area contributed by atoms with E-state index in [2.05, 4.69) is 103 Å². The fourth-order valence-electron chi connectivity index (χ4n) is 4.58. The van der Waals surface area contributed by atoms with E-state index in [1.807, 2.05) is 31.2 Å². The Kier molecular flexibility index (Phi) is 7.05. The van der Waals surface area contributed by atoms with Gasteiger partial charge in [0.2, 0.25) is 0 Å². The first-order valence-corrected chi connectivity index (χ1v) is 12.4. The highest BCUT2D eigenvalue weighted by atomic mass is 15.0. The number of benzene rings is 4. The van der Waals surface area contributed by atoms with Crippen LogP contribution in [0.15, 0.2) is 150 Å². The first-order chi connectivity index (χ1) is 18.2. The summed E-state index contributed by atoms with van der Waals surface area (Å²) in [5.74, 6) is 0.641. The molecule has 4 aromatic carbocycles. The Morgan fingerprint density at radius 3 is 1.95 bits per heavy atom. The molecule has 0 bridgehead atoms. The van der Waals surface area contributed by atoms with Gasteiger partial charge in [0.05, 0.1) is 17.6 Å². The lowest BCUT2D eigenvalue weighted by Crippen LogP contribution is -2.05. The summed E-state index contributed by atoms with van der Waals surface area (Å²) in [6.07, 6.45) is 5.40. The average molecular weight is 480 g/mol. The lowest BCUT2D eigenvalue weighted by Gasteiger charge is -2.10. The Morgan fingerprint density at radius 2 is 1.35 bits per heavy atom. The van der Waals surface area contributed by atoms with Crippen LogP contribution >= 0.6 is 0 Å². The van der Waals surface area contributed by atoms with Crippen molar-refractivity contribution in [3.8, 4) is 5.69 Å². The van der Waals surface area contributed by atoms with Gasteiger partial charge in [-0.3, -0.25) is 4.99 Å². The molecule has 0 saturated carbocycles. The number of nitrogens with zero attached hydrogens (tertiary/aromatic N) is 3. The van der Waals surface area contributed by atoms with Crippen LogP contribution in [0.1, 0.15) is 18.1 Å². The van der Waals surface area contributed by atoms with Gasteiger partial charge < -0.3 is 4.57 Å². The zero-order valence-corrected chi connectivity index (χ0v) is 21.0. The summed E-state index contributed by atoms with van der Waals surface area (Å²) in [7, 11) is 0. The highest BCUT2D eigenvalue weighted by Crippen LogP contribution is 2.31. The quantitative estimate of drug-likeness (QED) is 0.127. The second-order valence-corrected chi connectivity index (χ2v) is 8.80. The van der Waals surface area contributed by atoms with E-state index in [1.54, 1.807) is 12.2 Å². The van der Waals surface area contributed by atoms with Gasteiger partial charge in [0.15, 0.2) is 5.84 Å². The zero-order valence-electron chi connectivity index (χ0n) is 21.0. The Labute approximate surface area is 218 Å². The molecule has 0 amide bonds. The van der Waals surface area contributed by atoms with Gasteiger partial charge >= 0.3 is 0 Å². The second-order valence-electron chi connectivity index (χ2n) is 8.80. The standard InChI is InChI=1S/C34H29N3/c1-4-13-27(5-2)34(35-24-26-14-7-6-8-15-26)36-25(3)28-20-22-29(23-21-28)37-32-18-11-9-16-30(32)31-17-10-12-19-33(31)37/h4-23H,1-2,24H2,3H3/b27-13+,35-34?,36-25?. The minimum absolute atomic E-state index is 0.544. The maximum absolute atomic E-state index is 4.92. The number of hydrogen-bond acceptors (Lipinski definition) is 1. The number of hydrogen-bond donors (Lipinski definition) is 0. The predicted molar refractivity (Wildman–Crippen MR) is 159 cm³/mol. The molecule has 1 aromatic heterocycles. The Balaban J connectivity index is 1.51. The summed E-state index contributed by atoms with van der Waals surface area (Å²) in [6.45, 7) is 10.3. The molecule has 1 heterocycles. The molecule has 0 aliphatic heterocycles. The van der Waals surface area contributed by atoms with Crippen LogP contribution in [-0.4, -0.2) is 16.1 Å². The molecule has 0 unspecified atom stereocenters. The molecule has 0 atom stereocenters. The number of allylic oxidation sites excluding steroid dienone is 2. The van der Waals surface area contributed by atoms with Crippen LogP contribution in [0.4, 0.5) is 0 Å². The van der Waals surface area contributed by atoms with E-state index in [9.17, 15) is 0 Å². The van der Waals surface area contributed by atoms with Gasteiger partial charge in [0.25, 0.3) is 0 Å². The molecule has 5 rings (SSSR count). The minimum atomic E-state index is 0.544. The van der Waals surface area contributed by atoms with Crippen molar-refractivity contribution in [3.63, 3.8) is 0 Å². The van der Waals surface area contributed by atoms with Crippen LogP contribution in [-0.2, 0) is 6.54 Å². The lowest BCUT2D eigenvalue weighted by atomic mass is 10.1. The summed E-state index contributed by atoms with van der Waals surface area (Å²) in [5, 5.41) is 2.51. The van der Waals surface area contributed by atoms with E-state index in [1.165, 1.54) is 21.8 Å². The van der Waals surface area contributed by atoms with E-state index in [-0.39, 0.29) is 0 Å². The summed E-state index contributed by atoms with van der Waals surface area (Å²) < 4.78 is 2.32. The van der Waals surface area contributed by atoms with E-state index in [0.717, 1.165) is 28.1 Å². The second kappa shape index (κ2) is 10.9. The van der Waals surface area contributed by atoms with E-state index < -0.39 is 0 Å². The minimum Gasteiger partial charge on any atom is -0.309 e. The molecule has 0 saturated heterocycles. The van der Waals surface area contributed by atoms with E-state index in [0.29, 0.717) is 12.4 Å². The molecule has 0 N–H and O–H groups in total. The maximum atomic E-state index is 4.92. The molecular formula is C34H29N3. The molecule has 3 heteroatoms. The van der Waals surface area contributed by atoms with Crippen LogP contribution in [0.3, 0.4) is 0 Å². The van der Waals surface area contributed by atoms with E-state index in [4.69, 9.17) is 9.98 Å². The first kappa shape index (κ1) is 24.0. The molecule has 37 heavy (non-hydrogen) atoms. The third-order valence-electron chi connectivity index (χ3n) is 6.43. The summed E-state index contributed by atoms with van der Waals surface area (Å²) in [5.41, 5.74) is 7.41. The lowest BCUT2D eigenvalue weighted by molar-refractivity contribution is 1.06. The topological polar surface area (TPSA) is 29.6 Å². The van der Waals surface area contributed by atoms with Crippen LogP contribution in [0.5, 0.6) is 0 Å². The summed E-state index contributed by atoms with van der Waals surface area (Å²) in [4.78, 5) is 9.73. The average Bonchev–Trinajstić information content (AvgIpc) is 3.29. The van der Waals surface area contributed by atoms with Gasteiger partial charge in [-0.05, 0) is 42.3 Å². The first-order valence-electron chi connectivity index (χ1n) is 12.4. The molecule has 0 aliphatic carbocycles. The molecule has 180 valence electrons. The van der Waals surface area contributed by atoms with Crippen LogP contribution in [0.25, 0.3) is 27.5 Å². The number of aromatic nitrogens is 1. The molecule has 3 nitrogen and oxygen atoms in total. The Hall–Kier alpha value is -4.76.